The monoisotopic (exact) mass is 220 g/mol. The van der Waals surface area contributed by atoms with Gasteiger partial charge in [0.05, 0.1) is 12.5 Å². The summed E-state index contributed by atoms with van der Waals surface area (Å²) in [4.78, 5) is 26.9. The molecule has 0 amide bonds. The van der Waals surface area contributed by atoms with Gasteiger partial charge in [0.1, 0.15) is 11.2 Å². The summed E-state index contributed by atoms with van der Waals surface area (Å²) in [5.74, 6) is 0.0539. The molecule has 0 saturated heterocycles. The van der Waals surface area contributed by atoms with Crippen LogP contribution in [0.5, 0.6) is 0 Å². The predicted octanol–water partition coefficient (Wildman–Crippen LogP) is 0.109. The molecule has 2 rings (SSSR count). The Bertz CT molecular complexity index is 596. The third kappa shape index (κ3) is 1.73. The molecule has 0 aliphatic carbocycles. The molecule has 84 valence electrons. The number of fused-ring (bicyclic) bond motifs is 1. The zero-order valence-corrected chi connectivity index (χ0v) is 9.17. The first kappa shape index (κ1) is 10.5. The fourth-order valence-corrected chi connectivity index (χ4v) is 1.50. The minimum Gasteiger partial charge on any atom is -0.300 e. The minimum absolute atomic E-state index is 0.0539. The number of hydrogen-bond donors (Lipinski definition) is 0. The van der Waals surface area contributed by atoms with E-state index in [1.807, 2.05) is 0 Å². The van der Waals surface area contributed by atoms with Crippen molar-refractivity contribution in [3.63, 3.8) is 0 Å². The Hall–Kier alpha value is -1.98. The van der Waals surface area contributed by atoms with Crippen molar-refractivity contribution < 1.29 is 4.79 Å². The van der Waals surface area contributed by atoms with Crippen molar-refractivity contribution in [2.45, 2.75) is 19.9 Å². The van der Waals surface area contributed by atoms with Gasteiger partial charge in [0, 0.05) is 20.0 Å². The summed E-state index contributed by atoms with van der Waals surface area (Å²) >= 11 is 0. The van der Waals surface area contributed by atoms with Crippen LogP contribution in [-0.2, 0) is 18.4 Å². The highest BCUT2D eigenvalue weighted by Gasteiger charge is 2.07. The summed E-state index contributed by atoms with van der Waals surface area (Å²) in [5.41, 5.74) is 0.406. The number of carbonyl (C=O) groups is 1. The highest BCUT2D eigenvalue weighted by molar-refractivity contribution is 5.75. The van der Waals surface area contributed by atoms with Crippen LogP contribution in [0.15, 0.2) is 17.3 Å². The summed E-state index contributed by atoms with van der Waals surface area (Å²) in [5, 5.41) is 4.45. The number of nitrogens with zero attached hydrogens (tertiary/aromatic N) is 4. The first-order chi connectivity index (χ1) is 7.59. The number of carbonyl (C=O) groups excluding carboxylic acids is 1. The lowest BCUT2D eigenvalue weighted by molar-refractivity contribution is -0.117. The lowest BCUT2D eigenvalue weighted by Crippen LogP contribution is -2.21. The average Bonchev–Trinajstić information content (AvgIpc) is 2.60. The molecule has 0 aliphatic rings. The molecule has 0 saturated carbocycles. The van der Waals surface area contributed by atoms with Gasteiger partial charge in [-0.2, -0.15) is 5.10 Å². The van der Waals surface area contributed by atoms with E-state index in [2.05, 4.69) is 10.1 Å². The van der Waals surface area contributed by atoms with Crippen LogP contribution in [0, 0.1) is 0 Å². The number of rotatable bonds is 3. The summed E-state index contributed by atoms with van der Waals surface area (Å²) in [6, 6.07) is 0. The second-order valence-corrected chi connectivity index (χ2v) is 3.70. The van der Waals surface area contributed by atoms with Crippen LogP contribution in [0.3, 0.4) is 0 Å². The van der Waals surface area contributed by atoms with Crippen LogP contribution in [0.2, 0.25) is 0 Å². The lowest BCUT2D eigenvalue weighted by atomic mass is 10.3. The maximum absolute atomic E-state index is 11.9. The normalized spacial score (nSPS) is 10.9. The molecule has 0 atom stereocenters. The molecule has 0 radical (unpaired) electrons. The van der Waals surface area contributed by atoms with Crippen LogP contribution >= 0.6 is 0 Å². The van der Waals surface area contributed by atoms with E-state index in [1.165, 1.54) is 24.0 Å². The number of aromatic nitrogens is 4. The van der Waals surface area contributed by atoms with Gasteiger partial charge < -0.3 is 0 Å². The first-order valence-corrected chi connectivity index (χ1v) is 4.96. The molecule has 0 unspecified atom stereocenters. The first-order valence-electron chi connectivity index (χ1n) is 4.96. The van der Waals surface area contributed by atoms with E-state index in [0.717, 1.165) is 0 Å². The zero-order valence-electron chi connectivity index (χ0n) is 9.17. The maximum atomic E-state index is 11.9. The number of ketones is 1. The van der Waals surface area contributed by atoms with Crippen molar-refractivity contribution in [3.8, 4) is 0 Å². The molecular formula is C10H12N4O2. The van der Waals surface area contributed by atoms with Gasteiger partial charge in [-0.05, 0) is 6.92 Å². The molecule has 0 aromatic carbocycles. The van der Waals surface area contributed by atoms with Crippen LogP contribution < -0.4 is 5.56 Å². The zero-order chi connectivity index (χ0) is 11.7. The van der Waals surface area contributed by atoms with Gasteiger partial charge in [0.15, 0.2) is 5.65 Å². The largest absolute Gasteiger partial charge is 0.300 e. The molecule has 0 spiro atoms. The van der Waals surface area contributed by atoms with Crippen LogP contribution in [0.4, 0.5) is 0 Å². The van der Waals surface area contributed by atoms with Crippen molar-refractivity contribution in [2.24, 2.45) is 7.05 Å². The molecule has 0 bridgehead atoms. The standard InChI is InChI=1S/C10H12N4O2/c1-7(15)3-4-14-6-11-9-8(10(14)16)5-12-13(9)2/h5-6H,3-4H2,1-2H3. The van der Waals surface area contributed by atoms with Crippen molar-refractivity contribution >= 4 is 16.8 Å². The van der Waals surface area contributed by atoms with Crippen molar-refractivity contribution in [1.29, 1.82) is 0 Å². The number of Topliss-reactive ketones (excluding diaryl/α,β-unsaturated/α-hetero) is 1. The number of hydrogen-bond acceptors (Lipinski definition) is 4. The van der Waals surface area contributed by atoms with E-state index >= 15 is 0 Å². The molecule has 0 aliphatic heterocycles. The van der Waals surface area contributed by atoms with E-state index < -0.39 is 0 Å². The molecule has 2 heterocycles. The Labute approximate surface area is 91.5 Å². The quantitative estimate of drug-likeness (QED) is 0.736. The fourth-order valence-electron chi connectivity index (χ4n) is 1.50. The molecule has 0 N–H and O–H groups in total. The molecule has 0 fully saturated rings. The van der Waals surface area contributed by atoms with E-state index in [0.29, 0.717) is 24.0 Å². The third-order valence-corrected chi connectivity index (χ3v) is 2.42. The highest BCUT2D eigenvalue weighted by Crippen LogP contribution is 2.03. The molecule has 2 aromatic heterocycles. The van der Waals surface area contributed by atoms with Crippen molar-refractivity contribution in [1.82, 2.24) is 19.3 Å². The van der Waals surface area contributed by atoms with Crippen molar-refractivity contribution in [3.05, 3.63) is 22.9 Å². The molecule has 16 heavy (non-hydrogen) atoms. The Morgan fingerprint density at radius 1 is 1.50 bits per heavy atom. The Kier molecular flexibility index (Phi) is 2.55. The Balaban J connectivity index is 2.45. The van der Waals surface area contributed by atoms with Crippen LogP contribution in [-0.4, -0.2) is 25.1 Å². The fraction of sp³-hybridized carbons (Fsp3) is 0.400. The van der Waals surface area contributed by atoms with E-state index in [1.54, 1.807) is 11.7 Å². The molecule has 2 aromatic rings. The van der Waals surface area contributed by atoms with Gasteiger partial charge in [-0.15, -0.1) is 0 Å². The average molecular weight is 220 g/mol. The topological polar surface area (TPSA) is 69.8 Å². The smallest absolute Gasteiger partial charge is 0.264 e. The van der Waals surface area contributed by atoms with Gasteiger partial charge in [-0.1, -0.05) is 0 Å². The van der Waals surface area contributed by atoms with Gasteiger partial charge in [0.25, 0.3) is 5.56 Å². The summed E-state index contributed by atoms with van der Waals surface area (Å²) < 4.78 is 2.98. The van der Waals surface area contributed by atoms with Gasteiger partial charge in [0.2, 0.25) is 0 Å². The van der Waals surface area contributed by atoms with E-state index in [4.69, 9.17) is 0 Å². The number of aryl methyl sites for hydroxylation is 2. The van der Waals surface area contributed by atoms with Gasteiger partial charge >= 0.3 is 0 Å². The Morgan fingerprint density at radius 3 is 2.94 bits per heavy atom. The second kappa shape index (κ2) is 3.88. The van der Waals surface area contributed by atoms with Gasteiger partial charge in [-0.25, -0.2) is 4.98 Å². The lowest BCUT2D eigenvalue weighted by Gasteiger charge is -2.02. The predicted molar refractivity (Wildman–Crippen MR) is 58.1 cm³/mol. The SMILES string of the molecule is CC(=O)CCn1cnc2c(cnn2C)c1=O. The van der Waals surface area contributed by atoms with E-state index in [-0.39, 0.29) is 11.3 Å². The second-order valence-electron chi connectivity index (χ2n) is 3.70. The summed E-state index contributed by atoms with van der Waals surface area (Å²) in [6.45, 7) is 1.87. The Morgan fingerprint density at radius 2 is 2.25 bits per heavy atom. The highest BCUT2D eigenvalue weighted by atomic mass is 16.1. The summed E-state index contributed by atoms with van der Waals surface area (Å²) in [6.07, 6.45) is 3.29. The maximum Gasteiger partial charge on any atom is 0.264 e. The van der Waals surface area contributed by atoms with Crippen LogP contribution in [0.1, 0.15) is 13.3 Å². The minimum atomic E-state index is -0.153. The van der Waals surface area contributed by atoms with Crippen molar-refractivity contribution in [2.75, 3.05) is 0 Å². The molecule has 6 nitrogen and oxygen atoms in total. The van der Waals surface area contributed by atoms with Crippen LogP contribution in [0.25, 0.3) is 11.0 Å². The third-order valence-electron chi connectivity index (χ3n) is 2.42. The van der Waals surface area contributed by atoms with Gasteiger partial charge in [-0.3, -0.25) is 18.8 Å². The van der Waals surface area contributed by atoms with E-state index in [9.17, 15) is 9.59 Å². The summed E-state index contributed by atoms with van der Waals surface area (Å²) in [7, 11) is 1.73. The molecule has 6 heteroatoms. The molecular weight excluding hydrogens is 208 g/mol.